The number of carbonyl (C=O) groups excluding carboxylic acids is 2. The van der Waals surface area contributed by atoms with Gasteiger partial charge < -0.3 is 16.0 Å². The van der Waals surface area contributed by atoms with Gasteiger partial charge >= 0.3 is 0 Å². The van der Waals surface area contributed by atoms with Crippen molar-refractivity contribution in [3.63, 3.8) is 0 Å². The van der Waals surface area contributed by atoms with Crippen LogP contribution in [0.2, 0.25) is 0 Å². The van der Waals surface area contributed by atoms with Gasteiger partial charge in [0.15, 0.2) is 0 Å². The molecule has 1 heterocycles. The first-order valence-electron chi connectivity index (χ1n) is 5.96. The van der Waals surface area contributed by atoms with E-state index in [1.807, 2.05) is 6.92 Å². The Labute approximate surface area is 109 Å². The number of carbonyl (C=O) groups is 2. The molecule has 2 amide bonds. The van der Waals surface area contributed by atoms with E-state index in [9.17, 15) is 9.59 Å². The maximum Gasteiger partial charge on any atom is 0.239 e. The van der Waals surface area contributed by atoms with Crippen LogP contribution in [0.4, 0.5) is 0 Å². The zero-order chi connectivity index (χ0) is 11.8. The molecule has 0 aromatic rings. The number of hydrogen-bond acceptors (Lipinski definition) is 3. The molecule has 6 heteroatoms. The highest BCUT2D eigenvalue weighted by molar-refractivity contribution is 5.85. The van der Waals surface area contributed by atoms with Crippen molar-refractivity contribution in [3.05, 3.63) is 0 Å². The molecular weight excluding hydrogens is 242 g/mol. The lowest BCUT2D eigenvalue weighted by atomic mass is 10.0. The summed E-state index contributed by atoms with van der Waals surface area (Å²) in [5.41, 5.74) is 0. The smallest absolute Gasteiger partial charge is 0.239 e. The fourth-order valence-corrected chi connectivity index (χ4v) is 1.73. The van der Waals surface area contributed by atoms with Crippen molar-refractivity contribution in [1.29, 1.82) is 0 Å². The predicted molar refractivity (Wildman–Crippen MR) is 69.2 cm³/mol. The van der Waals surface area contributed by atoms with E-state index < -0.39 is 0 Å². The monoisotopic (exact) mass is 263 g/mol. The molecule has 17 heavy (non-hydrogen) atoms. The average Bonchev–Trinajstić information content (AvgIpc) is 2.76. The maximum atomic E-state index is 11.5. The molecule has 1 saturated heterocycles. The van der Waals surface area contributed by atoms with Crippen LogP contribution in [0.3, 0.4) is 0 Å². The molecule has 0 bridgehead atoms. The van der Waals surface area contributed by atoms with Crippen LogP contribution in [0.15, 0.2) is 0 Å². The number of rotatable bonds is 6. The van der Waals surface area contributed by atoms with E-state index in [1.165, 1.54) is 0 Å². The van der Waals surface area contributed by atoms with E-state index in [4.69, 9.17) is 0 Å². The normalized spacial score (nSPS) is 18.3. The Bertz CT molecular complexity index is 243. The number of hydrogen-bond donors (Lipinski definition) is 3. The van der Waals surface area contributed by atoms with Crippen molar-refractivity contribution in [2.75, 3.05) is 26.2 Å². The van der Waals surface area contributed by atoms with Crippen LogP contribution in [-0.4, -0.2) is 38.0 Å². The first-order valence-corrected chi connectivity index (χ1v) is 5.96. The quantitative estimate of drug-likeness (QED) is 0.634. The van der Waals surface area contributed by atoms with E-state index in [-0.39, 0.29) is 30.8 Å². The van der Waals surface area contributed by atoms with Crippen molar-refractivity contribution < 1.29 is 9.59 Å². The second-order valence-electron chi connectivity index (χ2n) is 4.19. The van der Waals surface area contributed by atoms with Crippen molar-refractivity contribution in [3.8, 4) is 0 Å². The SMILES string of the molecule is CCCNC(=O)CNC(=O)CC1CCNC1.Cl. The van der Waals surface area contributed by atoms with Crippen molar-refractivity contribution in [2.24, 2.45) is 5.92 Å². The summed E-state index contributed by atoms with van der Waals surface area (Å²) in [6.45, 7) is 4.66. The second kappa shape index (κ2) is 9.24. The summed E-state index contributed by atoms with van der Waals surface area (Å²) in [7, 11) is 0. The van der Waals surface area contributed by atoms with E-state index in [0.29, 0.717) is 18.9 Å². The molecule has 0 radical (unpaired) electrons. The highest BCUT2D eigenvalue weighted by Crippen LogP contribution is 2.11. The molecule has 100 valence electrons. The third-order valence-corrected chi connectivity index (χ3v) is 2.65. The van der Waals surface area contributed by atoms with Crippen LogP contribution in [0.25, 0.3) is 0 Å². The molecule has 5 nitrogen and oxygen atoms in total. The van der Waals surface area contributed by atoms with Gasteiger partial charge in [0, 0.05) is 13.0 Å². The van der Waals surface area contributed by atoms with Gasteiger partial charge in [-0.2, -0.15) is 0 Å². The Morgan fingerprint density at radius 2 is 2.06 bits per heavy atom. The van der Waals surface area contributed by atoms with Crippen LogP contribution >= 0.6 is 12.4 Å². The number of nitrogens with one attached hydrogen (secondary N) is 3. The number of halogens is 1. The summed E-state index contributed by atoms with van der Waals surface area (Å²) >= 11 is 0. The van der Waals surface area contributed by atoms with E-state index in [1.54, 1.807) is 0 Å². The van der Waals surface area contributed by atoms with Gasteiger partial charge in [0.2, 0.25) is 11.8 Å². The fourth-order valence-electron chi connectivity index (χ4n) is 1.73. The minimum Gasteiger partial charge on any atom is -0.355 e. The first kappa shape index (κ1) is 16.2. The lowest BCUT2D eigenvalue weighted by Gasteiger charge is -2.09. The molecule has 0 aromatic heterocycles. The highest BCUT2D eigenvalue weighted by Gasteiger charge is 2.17. The number of amides is 2. The van der Waals surface area contributed by atoms with Crippen molar-refractivity contribution in [2.45, 2.75) is 26.2 Å². The van der Waals surface area contributed by atoms with Crippen LogP contribution < -0.4 is 16.0 Å². The van der Waals surface area contributed by atoms with E-state index >= 15 is 0 Å². The van der Waals surface area contributed by atoms with E-state index in [0.717, 1.165) is 25.9 Å². The zero-order valence-corrected chi connectivity index (χ0v) is 11.1. The van der Waals surface area contributed by atoms with Crippen molar-refractivity contribution >= 4 is 24.2 Å². The zero-order valence-electron chi connectivity index (χ0n) is 10.3. The van der Waals surface area contributed by atoms with E-state index in [2.05, 4.69) is 16.0 Å². The lowest BCUT2D eigenvalue weighted by molar-refractivity contribution is -0.126. The molecule has 3 N–H and O–H groups in total. The average molecular weight is 264 g/mol. The Balaban J connectivity index is 0.00000256. The molecule has 1 fully saturated rings. The third kappa shape index (κ3) is 7.18. The molecule has 1 unspecified atom stereocenters. The minimum atomic E-state index is -0.111. The Kier molecular flexibility index (Phi) is 8.80. The van der Waals surface area contributed by atoms with Gasteiger partial charge in [-0.05, 0) is 31.8 Å². The molecule has 1 aliphatic rings. The summed E-state index contributed by atoms with van der Waals surface area (Å²) < 4.78 is 0. The van der Waals surface area contributed by atoms with Crippen LogP contribution in [-0.2, 0) is 9.59 Å². The second-order valence-corrected chi connectivity index (χ2v) is 4.19. The summed E-state index contributed by atoms with van der Waals surface area (Å²) in [5.74, 6) is 0.291. The molecule has 1 atom stereocenters. The molecule has 0 spiro atoms. The summed E-state index contributed by atoms with van der Waals surface area (Å²) in [6.07, 6.45) is 2.48. The predicted octanol–water partition coefficient (Wildman–Crippen LogP) is 0.0502. The molecule has 1 aliphatic heterocycles. The summed E-state index contributed by atoms with van der Waals surface area (Å²) in [5, 5.41) is 8.57. The summed E-state index contributed by atoms with van der Waals surface area (Å²) in [6, 6.07) is 0. The highest BCUT2D eigenvalue weighted by atomic mass is 35.5. The van der Waals surface area contributed by atoms with Crippen molar-refractivity contribution in [1.82, 2.24) is 16.0 Å². The third-order valence-electron chi connectivity index (χ3n) is 2.65. The maximum absolute atomic E-state index is 11.5. The van der Waals surface area contributed by atoms with Gasteiger partial charge in [-0.15, -0.1) is 12.4 Å². The van der Waals surface area contributed by atoms with Gasteiger partial charge in [-0.3, -0.25) is 9.59 Å². The Morgan fingerprint density at radius 3 is 2.65 bits per heavy atom. The topological polar surface area (TPSA) is 70.2 Å². The van der Waals surface area contributed by atoms with Crippen LogP contribution in [0, 0.1) is 5.92 Å². The molecular formula is C11H22ClN3O2. The Morgan fingerprint density at radius 1 is 1.29 bits per heavy atom. The molecule has 0 saturated carbocycles. The molecule has 0 aromatic carbocycles. The standard InChI is InChI=1S/C11H21N3O2.ClH/c1-2-4-13-11(16)8-14-10(15)6-9-3-5-12-7-9;/h9,12H,2-8H2,1H3,(H,13,16)(H,14,15);1H. The van der Waals surface area contributed by atoms with Gasteiger partial charge in [0.05, 0.1) is 6.54 Å². The van der Waals surface area contributed by atoms with Gasteiger partial charge in [0.1, 0.15) is 0 Å². The summed E-state index contributed by atoms with van der Waals surface area (Å²) in [4.78, 5) is 22.7. The largest absolute Gasteiger partial charge is 0.355 e. The van der Waals surface area contributed by atoms with Crippen LogP contribution in [0.1, 0.15) is 26.2 Å². The minimum absolute atomic E-state index is 0. The first-order chi connectivity index (χ1) is 7.72. The van der Waals surface area contributed by atoms with Gasteiger partial charge in [-0.25, -0.2) is 0 Å². The molecule has 0 aliphatic carbocycles. The lowest BCUT2D eigenvalue weighted by Crippen LogP contribution is -2.37. The molecule has 1 rings (SSSR count). The van der Waals surface area contributed by atoms with Gasteiger partial charge in [-0.1, -0.05) is 6.92 Å². The van der Waals surface area contributed by atoms with Gasteiger partial charge in [0.25, 0.3) is 0 Å². The fraction of sp³-hybridized carbons (Fsp3) is 0.818. The van der Waals surface area contributed by atoms with Crippen LogP contribution in [0.5, 0.6) is 0 Å². The Hall–Kier alpha value is -0.810.